The van der Waals surface area contributed by atoms with E-state index in [4.69, 9.17) is 0 Å². The Labute approximate surface area is 103 Å². The van der Waals surface area contributed by atoms with Gasteiger partial charge >= 0.3 is 0 Å². The van der Waals surface area contributed by atoms with Crippen LogP contribution in [0, 0.1) is 17.0 Å². The number of anilines is 1. The van der Waals surface area contributed by atoms with Crippen molar-refractivity contribution in [2.75, 3.05) is 17.3 Å². The van der Waals surface area contributed by atoms with Crippen molar-refractivity contribution < 1.29 is 9.13 Å². The van der Waals surface area contributed by atoms with E-state index < -0.39 is 15.7 Å². The highest BCUT2D eigenvalue weighted by molar-refractivity contribution is 7.84. The molecule has 1 aromatic rings. The number of nitrogens with zero attached hydrogens (tertiary/aromatic N) is 1. The Kier molecular flexibility index (Phi) is 4.62. The first-order valence-corrected chi connectivity index (χ1v) is 6.94. The van der Waals surface area contributed by atoms with Gasteiger partial charge in [-0.2, -0.15) is 0 Å². The highest BCUT2D eigenvalue weighted by Crippen LogP contribution is 2.22. The number of nitrogens with one attached hydrogen (secondary N) is 1. The SMILES string of the molecule is Cc1ccc(NC(C)CS(C)=O)cc1[N+](=O)[O-]. The number of aryl methyl sites for hydroxylation is 1. The second-order valence-corrected chi connectivity index (χ2v) is 5.52. The monoisotopic (exact) mass is 256 g/mol. The fourth-order valence-corrected chi connectivity index (χ4v) is 2.36. The molecule has 6 heteroatoms. The molecule has 17 heavy (non-hydrogen) atoms. The van der Waals surface area contributed by atoms with Gasteiger partial charge in [0.25, 0.3) is 5.69 Å². The molecule has 0 saturated carbocycles. The van der Waals surface area contributed by atoms with Gasteiger partial charge in [-0.05, 0) is 19.9 Å². The Hall–Kier alpha value is -1.43. The number of hydrogen-bond acceptors (Lipinski definition) is 4. The van der Waals surface area contributed by atoms with Crippen molar-refractivity contribution in [3.8, 4) is 0 Å². The molecule has 0 bridgehead atoms. The van der Waals surface area contributed by atoms with Crippen LogP contribution in [-0.4, -0.2) is 27.2 Å². The molecule has 1 N–H and O–H groups in total. The van der Waals surface area contributed by atoms with Crippen LogP contribution < -0.4 is 5.32 Å². The number of nitro groups is 1. The van der Waals surface area contributed by atoms with E-state index in [9.17, 15) is 14.3 Å². The van der Waals surface area contributed by atoms with Gasteiger partial charge in [0.15, 0.2) is 0 Å². The van der Waals surface area contributed by atoms with Crippen LogP contribution in [0.1, 0.15) is 12.5 Å². The Morgan fingerprint density at radius 1 is 1.53 bits per heavy atom. The van der Waals surface area contributed by atoms with E-state index in [1.165, 1.54) is 6.07 Å². The van der Waals surface area contributed by atoms with Gasteiger partial charge in [-0.3, -0.25) is 14.3 Å². The maximum Gasteiger partial charge on any atom is 0.274 e. The third-order valence-corrected chi connectivity index (χ3v) is 3.27. The molecule has 0 saturated heterocycles. The zero-order valence-electron chi connectivity index (χ0n) is 10.1. The zero-order chi connectivity index (χ0) is 13.0. The fourth-order valence-electron chi connectivity index (χ4n) is 1.57. The molecule has 2 unspecified atom stereocenters. The predicted octanol–water partition coefficient (Wildman–Crippen LogP) is 2.08. The first kappa shape index (κ1) is 13.6. The van der Waals surface area contributed by atoms with Crippen molar-refractivity contribution in [2.24, 2.45) is 0 Å². The second kappa shape index (κ2) is 5.77. The zero-order valence-corrected chi connectivity index (χ0v) is 10.9. The fraction of sp³-hybridized carbons (Fsp3) is 0.455. The second-order valence-electron chi connectivity index (χ2n) is 4.04. The number of benzene rings is 1. The molecule has 0 aliphatic carbocycles. The topological polar surface area (TPSA) is 72.2 Å². The molecule has 1 rings (SSSR count). The third kappa shape index (κ3) is 4.14. The predicted molar refractivity (Wildman–Crippen MR) is 69.9 cm³/mol. The Bertz CT molecular complexity index is 448. The summed E-state index contributed by atoms with van der Waals surface area (Å²) in [6.07, 6.45) is 1.63. The molecule has 0 heterocycles. The van der Waals surface area contributed by atoms with E-state index in [1.807, 2.05) is 6.92 Å². The summed E-state index contributed by atoms with van der Waals surface area (Å²) >= 11 is 0. The minimum absolute atomic E-state index is 0.0168. The summed E-state index contributed by atoms with van der Waals surface area (Å²) in [7, 11) is -0.884. The maximum absolute atomic E-state index is 11.0. The van der Waals surface area contributed by atoms with Crippen LogP contribution in [0.2, 0.25) is 0 Å². The van der Waals surface area contributed by atoms with Gasteiger partial charge in [-0.25, -0.2) is 0 Å². The lowest BCUT2D eigenvalue weighted by atomic mass is 10.2. The van der Waals surface area contributed by atoms with Crippen molar-refractivity contribution in [2.45, 2.75) is 19.9 Å². The molecule has 1 aromatic carbocycles. The summed E-state index contributed by atoms with van der Waals surface area (Å²) in [5.41, 5.74) is 1.41. The summed E-state index contributed by atoms with van der Waals surface area (Å²) in [4.78, 5) is 10.4. The van der Waals surface area contributed by atoms with Gasteiger partial charge in [0, 0.05) is 46.2 Å². The smallest absolute Gasteiger partial charge is 0.274 e. The summed E-state index contributed by atoms with van der Waals surface area (Å²) < 4.78 is 11.0. The Balaban J connectivity index is 2.82. The minimum atomic E-state index is -0.884. The Morgan fingerprint density at radius 2 is 2.18 bits per heavy atom. The number of nitro benzene ring substituents is 1. The lowest BCUT2D eigenvalue weighted by molar-refractivity contribution is -0.385. The highest BCUT2D eigenvalue weighted by Gasteiger charge is 2.12. The molecule has 5 nitrogen and oxygen atoms in total. The lowest BCUT2D eigenvalue weighted by Gasteiger charge is -2.13. The number of hydrogen-bond donors (Lipinski definition) is 1. The molecule has 2 atom stereocenters. The lowest BCUT2D eigenvalue weighted by Crippen LogP contribution is -2.22. The first-order valence-electron chi connectivity index (χ1n) is 5.21. The van der Waals surface area contributed by atoms with Crippen LogP contribution in [0.5, 0.6) is 0 Å². The first-order chi connectivity index (χ1) is 7.90. The van der Waals surface area contributed by atoms with Gasteiger partial charge < -0.3 is 5.32 Å². The average molecular weight is 256 g/mol. The maximum atomic E-state index is 11.0. The molecule has 94 valence electrons. The number of rotatable bonds is 5. The molecular formula is C11H16N2O3S. The molecule has 0 amide bonds. The van der Waals surface area contributed by atoms with Crippen LogP contribution in [-0.2, 0) is 10.8 Å². The van der Waals surface area contributed by atoms with Crippen molar-refractivity contribution in [3.63, 3.8) is 0 Å². The summed E-state index contributed by atoms with van der Waals surface area (Å²) in [6.45, 7) is 3.60. The quantitative estimate of drug-likeness (QED) is 0.646. The van der Waals surface area contributed by atoms with E-state index in [0.717, 1.165) is 0 Å². The minimum Gasteiger partial charge on any atom is -0.381 e. The van der Waals surface area contributed by atoms with Crippen LogP contribution in [0.4, 0.5) is 11.4 Å². The van der Waals surface area contributed by atoms with Gasteiger partial charge in [-0.15, -0.1) is 0 Å². The van der Waals surface area contributed by atoms with Crippen molar-refractivity contribution in [3.05, 3.63) is 33.9 Å². The molecule has 0 radical (unpaired) electrons. The largest absolute Gasteiger partial charge is 0.381 e. The van der Waals surface area contributed by atoms with E-state index in [1.54, 1.807) is 25.3 Å². The van der Waals surface area contributed by atoms with Gasteiger partial charge in [0.1, 0.15) is 0 Å². The molecule has 0 fully saturated rings. The average Bonchev–Trinajstić information content (AvgIpc) is 2.19. The molecular weight excluding hydrogens is 240 g/mol. The van der Waals surface area contributed by atoms with Crippen LogP contribution >= 0.6 is 0 Å². The van der Waals surface area contributed by atoms with Crippen LogP contribution in [0.15, 0.2) is 18.2 Å². The summed E-state index contributed by atoms with van der Waals surface area (Å²) in [5, 5.41) is 13.9. The highest BCUT2D eigenvalue weighted by atomic mass is 32.2. The molecule has 0 aliphatic rings. The van der Waals surface area contributed by atoms with Gasteiger partial charge in [-0.1, -0.05) is 6.07 Å². The van der Waals surface area contributed by atoms with Crippen LogP contribution in [0.3, 0.4) is 0 Å². The molecule has 0 aliphatic heterocycles. The third-order valence-electron chi connectivity index (χ3n) is 2.30. The van der Waals surface area contributed by atoms with E-state index in [2.05, 4.69) is 5.32 Å². The summed E-state index contributed by atoms with van der Waals surface area (Å²) in [6, 6.07) is 5.01. The van der Waals surface area contributed by atoms with Crippen molar-refractivity contribution >= 4 is 22.2 Å². The molecule has 0 spiro atoms. The summed E-state index contributed by atoms with van der Waals surface area (Å²) in [5.74, 6) is 0.516. The van der Waals surface area contributed by atoms with E-state index in [0.29, 0.717) is 17.0 Å². The van der Waals surface area contributed by atoms with E-state index in [-0.39, 0.29) is 11.7 Å². The Morgan fingerprint density at radius 3 is 2.71 bits per heavy atom. The van der Waals surface area contributed by atoms with Gasteiger partial charge in [0.2, 0.25) is 0 Å². The van der Waals surface area contributed by atoms with Crippen molar-refractivity contribution in [1.82, 2.24) is 0 Å². The van der Waals surface area contributed by atoms with E-state index >= 15 is 0 Å². The van der Waals surface area contributed by atoms with Crippen molar-refractivity contribution in [1.29, 1.82) is 0 Å². The van der Waals surface area contributed by atoms with Crippen LogP contribution in [0.25, 0.3) is 0 Å². The standard InChI is InChI=1S/C11H16N2O3S/c1-8-4-5-10(6-11(8)13(14)15)12-9(2)7-17(3)16/h4-6,9,12H,7H2,1-3H3. The molecule has 0 aromatic heterocycles. The normalized spacial score (nSPS) is 14.1. The van der Waals surface area contributed by atoms with Gasteiger partial charge in [0.05, 0.1) is 4.92 Å².